The van der Waals surface area contributed by atoms with Gasteiger partial charge in [-0.05, 0) is 91.1 Å². The quantitative estimate of drug-likeness (QED) is 0.319. The molecule has 0 bridgehead atoms. The van der Waals surface area contributed by atoms with E-state index in [2.05, 4.69) is 77.9 Å². The topological polar surface area (TPSA) is 18.5 Å². The average Bonchev–Trinajstić information content (AvgIpc) is 2.85. The van der Waals surface area contributed by atoms with E-state index in [1.165, 1.54) is 16.7 Å². The predicted molar refractivity (Wildman–Crippen MR) is 136 cm³/mol. The summed E-state index contributed by atoms with van der Waals surface area (Å²) in [6, 6.07) is 25.2. The molecule has 0 heterocycles. The van der Waals surface area contributed by atoms with Gasteiger partial charge in [0.25, 0.3) is 0 Å². The van der Waals surface area contributed by atoms with Crippen molar-refractivity contribution in [1.82, 2.24) is 0 Å². The van der Waals surface area contributed by atoms with Gasteiger partial charge in [-0.25, -0.2) is 0 Å². The Morgan fingerprint density at radius 1 is 0.531 bits per heavy atom. The van der Waals surface area contributed by atoms with Crippen LogP contribution in [-0.2, 0) is 5.41 Å². The molecule has 0 atom stereocenters. The first-order chi connectivity index (χ1) is 15.3. The Bertz CT molecular complexity index is 961. The summed E-state index contributed by atoms with van der Waals surface area (Å²) < 4.78 is 12.2. The molecule has 0 unspecified atom stereocenters. The van der Waals surface area contributed by atoms with Crippen LogP contribution in [-0.4, -0.2) is 5.60 Å². The zero-order valence-electron chi connectivity index (χ0n) is 20.6. The molecule has 0 saturated carbocycles. The van der Waals surface area contributed by atoms with Crippen LogP contribution in [0.25, 0.3) is 11.1 Å². The van der Waals surface area contributed by atoms with E-state index in [1.807, 2.05) is 36.4 Å². The lowest BCUT2D eigenvalue weighted by Gasteiger charge is -2.28. The van der Waals surface area contributed by atoms with Crippen molar-refractivity contribution in [3.63, 3.8) is 0 Å². The minimum atomic E-state index is -0.123. The minimum absolute atomic E-state index is 0.123. The fourth-order valence-corrected chi connectivity index (χ4v) is 3.83. The van der Waals surface area contributed by atoms with Crippen LogP contribution >= 0.6 is 0 Å². The number of hydrogen-bond acceptors (Lipinski definition) is 2. The van der Waals surface area contributed by atoms with Crippen molar-refractivity contribution in [2.45, 2.75) is 78.2 Å². The molecule has 32 heavy (non-hydrogen) atoms. The maximum absolute atomic E-state index is 6.16. The van der Waals surface area contributed by atoms with Gasteiger partial charge in [0.05, 0.1) is 0 Å². The van der Waals surface area contributed by atoms with Crippen molar-refractivity contribution in [2.24, 2.45) is 0 Å². The fourth-order valence-electron chi connectivity index (χ4n) is 3.83. The molecule has 3 aromatic rings. The molecule has 0 aliphatic rings. The third-order valence-electron chi connectivity index (χ3n) is 7.25. The zero-order valence-corrected chi connectivity index (χ0v) is 20.6. The highest BCUT2D eigenvalue weighted by atomic mass is 16.5. The summed E-state index contributed by atoms with van der Waals surface area (Å²) in [6.07, 6.45) is 4.26. The van der Waals surface area contributed by atoms with Gasteiger partial charge in [-0.1, -0.05) is 71.0 Å². The Balaban J connectivity index is 1.66. The zero-order chi connectivity index (χ0) is 23.2. The molecule has 0 fully saturated rings. The molecule has 0 amide bonds. The number of rotatable bonds is 10. The smallest absolute Gasteiger partial charge is 0.127 e. The third kappa shape index (κ3) is 5.54. The van der Waals surface area contributed by atoms with Gasteiger partial charge in [0, 0.05) is 0 Å². The first-order valence-corrected chi connectivity index (χ1v) is 12.0. The van der Waals surface area contributed by atoms with E-state index in [-0.39, 0.29) is 11.0 Å². The Kier molecular flexibility index (Phi) is 7.66. The van der Waals surface area contributed by atoms with Crippen molar-refractivity contribution in [3.05, 3.63) is 78.4 Å². The third-order valence-corrected chi connectivity index (χ3v) is 7.25. The van der Waals surface area contributed by atoms with E-state index in [0.29, 0.717) is 0 Å². The molecular weight excluding hydrogens is 392 g/mol. The first-order valence-electron chi connectivity index (χ1n) is 12.0. The Labute approximate surface area is 194 Å². The van der Waals surface area contributed by atoms with Crippen molar-refractivity contribution in [3.8, 4) is 28.4 Å². The van der Waals surface area contributed by atoms with Crippen molar-refractivity contribution < 1.29 is 9.47 Å². The maximum Gasteiger partial charge on any atom is 0.127 e. The molecule has 0 aromatic heterocycles. The summed E-state index contributed by atoms with van der Waals surface area (Å²) in [5.74, 6) is 2.52. The standard InChI is InChI=1S/C30H38O2/c1-7-29(5,8-2)25-15-11-23(12-16-25)24-13-17-26(18-14-24)31-27-19-21-28(22-20-27)32-30(6,9-3)10-4/h11-22H,7-10H2,1-6H3. The second-order valence-electron chi connectivity index (χ2n) is 9.20. The molecule has 2 heteroatoms. The van der Waals surface area contributed by atoms with E-state index in [9.17, 15) is 0 Å². The number of benzene rings is 3. The SMILES string of the molecule is CCC(C)(CC)Oc1ccc(Oc2ccc(-c3ccc(C(C)(CC)CC)cc3)cc2)cc1. The van der Waals surface area contributed by atoms with Gasteiger partial charge < -0.3 is 9.47 Å². The molecule has 0 saturated heterocycles. The van der Waals surface area contributed by atoms with Crippen LogP contribution in [0.3, 0.4) is 0 Å². The van der Waals surface area contributed by atoms with E-state index in [0.717, 1.165) is 42.9 Å². The lowest BCUT2D eigenvalue weighted by atomic mass is 9.77. The highest BCUT2D eigenvalue weighted by Gasteiger charge is 2.22. The number of ether oxygens (including phenoxy) is 2. The second-order valence-corrected chi connectivity index (χ2v) is 9.20. The van der Waals surface area contributed by atoms with Crippen LogP contribution in [0.2, 0.25) is 0 Å². The van der Waals surface area contributed by atoms with E-state index < -0.39 is 0 Å². The predicted octanol–water partition coefficient (Wildman–Crippen LogP) is 9.18. The Morgan fingerprint density at radius 3 is 1.38 bits per heavy atom. The maximum atomic E-state index is 6.16. The van der Waals surface area contributed by atoms with Gasteiger partial charge in [0.1, 0.15) is 22.8 Å². The van der Waals surface area contributed by atoms with Crippen LogP contribution in [0.5, 0.6) is 17.2 Å². The van der Waals surface area contributed by atoms with Crippen LogP contribution in [0.15, 0.2) is 72.8 Å². The second kappa shape index (κ2) is 10.3. The molecule has 3 aromatic carbocycles. The van der Waals surface area contributed by atoms with E-state index >= 15 is 0 Å². The average molecular weight is 431 g/mol. The monoisotopic (exact) mass is 430 g/mol. The van der Waals surface area contributed by atoms with Gasteiger partial charge in [0.2, 0.25) is 0 Å². The van der Waals surface area contributed by atoms with Crippen LogP contribution in [0.4, 0.5) is 0 Å². The van der Waals surface area contributed by atoms with Crippen molar-refractivity contribution in [2.75, 3.05) is 0 Å². The molecular formula is C30H38O2. The lowest BCUT2D eigenvalue weighted by Crippen LogP contribution is -2.30. The van der Waals surface area contributed by atoms with Crippen molar-refractivity contribution >= 4 is 0 Å². The van der Waals surface area contributed by atoms with Gasteiger partial charge in [-0.2, -0.15) is 0 Å². The first kappa shape index (κ1) is 23.9. The van der Waals surface area contributed by atoms with E-state index in [1.54, 1.807) is 0 Å². The van der Waals surface area contributed by atoms with Crippen LogP contribution in [0.1, 0.15) is 72.8 Å². The summed E-state index contributed by atoms with van der Waals surface area (Å²) in [7, 11) is 0. The largest absolute Gasteiger partial charge is 0.488 e. The molecule has 0 spiro atoms. The highest BCUT2D eigenvalue weighted by molar-refractivity contribution is 5.64. The summed E-state index contributed by atoms with van der Waals surface area (Å²) in [5.41, 5.74) is 3.97. The van der Waals surface area contributed by atoms with Gasteiger partial charge >= 0.3 is 0 Å². The highest BCUT2D eigenvalue weighted by Crippen LogP contribution is 2.33. The summed E-state index contributed by atoms with van der Waals surface area (Å²) in [4.78, 5) is 0. The minimum Gasteiger partial charge on any atom is -0.488 e. The molecule has 3 rings (SSSR count). The molecule has 170 valence electrons. The molecule has 2 nitrogen and oxygen atoms in total. The lowest BCUT2D eigenvalue weighted by molar-refractivity contribution is 0.0802. The normalized spacial score (nSPS) is 11.9. The summed E-state index contributed by atoms with van der Waals surface area (Å²) >= 11 is 0. The van der Waals surface area contributed by atoms with Crippen LogP contribution in [0, 0.1) is 0 Å². The van der Waals surface area contributed by atoms with Gasteiger partial charge in [0.15, 0.2) is 0 Å². The Morgan fingerprint density at radius 2 is 0.938 bits per heavy atom. The number of hydrogen-bond donors (Lipinski definition) is 0. The van der Waals surface area contributed by atoms with E-state index in [4.69, 9.17) is 9.47 Å². The van der Waals surface area contributed by atoms with Crippen LogP contribution < -0.4 is 9.47 Å². The Hall–Kier alpha value is -2.74. The molecule has 0 aliphatic carbocycles. The molecule has 0 aliphatic heterocycles. The van der Waals surface area contributed by atoms with Gasteiger partial charge in [-0.15, -0.1) is 0 Å². The van der Waals surface area contributed by atoms with Crippen molar-refractivity contribution in [1.29, 1.82) is 0 Å². The summed E-state index contributed by atoms with van der Waals surface area (Å²) in [6.45, 7) is 13.4. The van der Waals surface area contributed by atoms with Gasteiger partial charge in [-0.3, -0.25) is 0 Å². The molecule has 0 N–H and O–H groups in total. The molecule has 0 radical (unpaired) electrons. The fraction of sp³-hybridized carbons (Fsp3) is 0.400. The summed E-state index contributed by atoms with van der Waals surface area (Å²) in [5, 5.41) is 0.